The molecule has 1 aliphatic heterocycles. The molecule has 0 unspecified atom stereocenters. The number of piperazine rings is 1. The zero-order valence-corrected chi connectivity index (χ0v) is 17.3. The highest BCUT2D eigenvalue weighted by Crippen LogP contribution is 2.38. The molecule has 1 aromatic carbocycles. The fourth-order valence-electron chi connectivity index (χ4n) is 2.94. The highest BCUT2D eigenvalue weighted by molar-refractivity contribution is 5.92. The topological polar surface area (TPSA) is 100 Å². The van der Waals surface area contributed by atoms with Gasteiger partial charge in [0.2, 0.25) is 5.91 Å². The van der Waals surface area contributed by atoms with Crippen LogP contribution in [0.2, 0.25) is 0 Å². The molecule has 1 saturated heterocycles. The summed E-state index contributed by atoms with van der Waals surface area (Å²) in [6, 6.07) is 0.956. The first-order valence-corrected chi connectivity index (χ1v) is 9.50. The van der Waals surface area contributed by atoms with Gasteiger partial charge < -0.3 is 4.90 Å². The summed E-state index contributed by atoms with van der Waals surface area (Å²) in [6.45, 7) is 1.37. The highest BCUT2D eigenvalue weighted by atomic mass is 19.4. The molecule has 0 aliphatic carbocycles. The zero-order chi connectivity index (χ0) is 25.3. The standard InChI is InChI=1S/C19H16F6N6O3/c1-11(32)29-4-5-31(16(34)9-29)27-15(33)2-3-30-10-26-17(28-30)12-6-13(18(20,21)22)8-14(7-12)19(23,24)25/h2-3,6-8,10H,4-5,9H2,1H3,(H,27,33)/b3-2-. The maximum absolute atomic E-state index is 13.0. The van der Waals surface area contributed by atoms with Crippen molar-refractivity contribution in [1.82, 2.24) is 30.1 Å². The summed E-state index contributed by atoms with van der Waals surface area (Å²) >= 11 is 0. The number of hydrogen-bond acceptors (Lipinski definition) is 5. The van der Waals surface area contributed by atoms with Crippen LogP contribution >= 0.6 is 0 Å². The minimum Gasteiger partial charge on any atom is -0.332 e. The van der Waals surface area contributed by atoms with Gasteiger partial charge in [-0.25, -0.2) is 9.67 Å². The smallest absolute Gasteiger partial charge is 0.332 e. The third-order valence-corrected chi connectivity index (χ3v) is 4.64. The van der Waals surface area contributed by atoms with Crippen LogP contribution in [0.15, 0.2) is 30.6 Å². The lowest BCUT2D eigenvalue weighted by Crippen LogP contribution is -2.57. The molecule has 3 amide bonds. The van der Waals surface area contributed by atoms with E-state index in [4.69, 9.17) is 0 Å². The molecule has 182 valence electrons. The first kappa shape index (κ1) is 24.7. The molecule has 0 saturated carbocycles. The van der Waals surface area contributed by atoms with Crippen LogP contribution < -0.4 is 5.43 Å². The third-order valence-electron chi connectivity index (χ3n) is 4.64. The Morgan fingerprint density at radius 3 is 2.18 bits per heavy atom. The number of nitrogens with zero attached hydrogens (tertiary/aromatic N) is 5. The van der Waals surface area contributed by atoms with Crippen LogP contribution in [0.25, 0.3) is 17.6 Å². The maximum Gasteiger partial charge on any atom is 0.416 e. The summed E-state index contributed by atoms with van der Waals surface area (Å²) in [5.74, 6) is -2.00. The number of aromatic nitrogens is 3. The van der Waals surface area contributed by atoms with Crippen molar-refractivity contribution in [1.29, 1.82) is 0 Å². The summed E-state index contributed by atoms with van der Waals surface area (Å²) in [5, 5.41) is 4.78. The molecule has 0 spiro atoms. The van der Waals surface area contributed by atoms with E-state index < -0.39 is 46.7 Å². The van der Waals surface area contributed by atoms with E-state index in [1.54, 1.807) is 0 Å². The van der Waals surface area contributed by atoms with E-state index in [1.165, 1.54) is 11.8 Å². The Morgan fingerprint density at radius 1 is 1.03 bits per heavy atom. The van der Waals surface area contributed by atoms with Crippen molar-refractivity contribution in [3.63, 3.8) is 0 Å². The molecule has 1 aliphatic rings. The molecule has 2 heterocycles. The lowest BCUT2D eigenvalue weighted by Gasteiger charge is -2.33. The number of hydrogen-bond donors (Lipinski definition) is 1. The van der Waals surface area contributed by atoms with E-state index in [2.05, 4.69) is 15.5 Å². The molecule has 2 aromatic rings. The lowest BCUT2D eigenvalue weighted by atomic mass is 10.0. The summed E-state index contributed by atoms with van der Waals surface area (Å²) in [7, 11) is 0. The number of nitrogens with one attached hydrogen (secondary N) is 1. The number of benzene rings is 1. The van der Waals surface area contributed by atoms with Crippen molar-refractivity contribution in [2.75, 3.05) is 19.6 Å². The maximum atomic E-state index is 13.0. The molecule has 1 N–H and O–H groups in total. The van der Waals surface area contributed by atoms with Gasteiger partial charge in [-0.15, -0.1) is 5.10 Å². The molecule has 34 heavy (non-hydrogen) atoms. The average molecular weight is 490 g/mol. The number of hydrazine groups is 1. The number of alkyl halides is 6. The molecule has 9 nitrogen and oxygen atoms in total. The van der Waals surface area contributed by atoms with E-state index >= 15 is 0 Å². The minimum atomic E-state index is -5.02. The molecule has 1 fully saturated rings. The Labute approximate surface area is 187 Å². The Kier molecular flexibility index (Phi) is 6.65. The van der Waals surface area contributed by atoms with E-state index in [0.717, 1.165) is 28.3 Å². The monoisotopic (exact) mass is 490 g/mol. The van der Waals surface area contributed by atoms with Gasteiger partial charge in [0.1, 0.15) is 12.9 Å². The summed E-state index contributed by atoms with van der Waals surface area (Å²) in [6.07, 6.45) is -7.10. The van der Waals surface area contributed by atoms with Crippen LogP contribution in [0.5, 0.6) is 0 Å². The molecule has 15 heteroatoms. The van der Waals surface area contributed by atoms with Gasteiger partial charge in [0.25, 0.3) is 11.8 Å². The Morgan fingerprint density at radius 2 is 1.65 bits per heavy atom. The van der Waals surface area contributed by atoms with E-state index in [0.29, 0.717) is 12.1 Å². The van der Waals surface area contributed by atoms with Crippen LogP contribution in [0.3, 0.4) is 0 Å². The Balaban J connectivity index is 1.73. The van der Waals surface area contributed by atoms with E-state index in [1.807, 2.05) is 0 Å². The zero-order valence-electron chi connectivity index (χ0n) is 17.3. The van der Waals surface area contributed by atoms with Crippen LogP contribution in [0.1, 0.15) is 18.1 Å². The van der Waals surface area contributed by atoms with Crippen molar-refractivity contribution >= 4 is 23.9 Å². The van der Waals surface area contributed by atoms with Crippen LogP contribution in [-0.4, -0.2) is 62.0 Å². The van der Waals surface area contributed by atoms with Crippen LogP contribution in [0.4, 0.5) is 26.3 Å². The van der Waals surface area contributed by atoms with Crippen LogP contribution in [-0.2, 0) is 26.7 Å². The molecule has 0 radical (unpaired) electrons. The second-order valence-electron chi connectivity index (χ2n) is 7.12. The van der Waals surface area contributed by atoms with Gasteiger partial charge in [-0.05, 0) is 18.2 Å². The number of rotatable bonds is 4. The van der Waals surface area contributed by atoms with Gasteiger partial charge in [-0.2, -0.15) is 26.3 Å². The number of amides is 3. The van der Waals surface area contributed by atoms with Gasteiger partial charge in [-0.1, -0.05) is 0 Å². The first-order chi connectivity index (χ1) is 15.7. The largest absolute Gasteiger partial charge is 0.416 e. The second kappa shape index (κ2) is 9.15. The summed E-state index contributed by atoms with van der Waals surface area (Å²) in [4.78, 5) is 40.3. The third kappa shape index (κ3) is 5.90. The van der Waals surface area contributed by atoms with Crippen molar-refractivity contribution < 1.29 is 40.7 Å². The molecule has 3 rings (SSSR count). The Hall–Kier alpha value is -3.91. The Bertz CT molecular complexity index is 1110. The average Bonchev–Trinajstić information content (AvgIpc) is 3.21. The first-order valence-electron chi connectivity index (χ1n) is 9.50. The lowest BCUT2D eigenvalue weighted by molar-refractivity contribution is -0.149. The van der Waals surface area contributed by atoms with Gasteiger partial charge in [0, 0.05) is 31.3 Å². The van der Waals surface area contributed by atoms with Gasteiger partial charge >= 0.3 is 12.4 Å². The van der Waals surface area contributed by atoms with Gasteiger partial charge in [0.15, 0.2) is 5.82 Å². The predicted molar refractivity (Wildman–Crippen MR) is 103 cm³/mol. The van der Waals surface area contributed by atoms with Crippen molar-refractivity contribution in [2.24, 2.45) is 0 Å². The molecular weight excluding hydrogens is 474 g/mol. The normalized spacial score (nSPS) is 15.2. The van der Waals surface area contributed by atoms with E-state index in [9.17, 15) is 40.7 Å². The van der Waals surface area contributed by atoms with Crippen molar-refractivity contribution in [2.45, 2.75) is 19.3 Å². The van der Waals surface area contributed by atoms with Crippen molar-refractivity contribution in [3.05, 3.63) is 41.7 Å². The second-order valence-corrected chi connectivity index (χ2v) is 7.12. The fourth-order valence-corrected chi connectivity index (χ4v) is 2.94. The molecule has 0 bridgehead atoms. The fraction of sp³-hybridized carbons (Fsp3) is 0.316. The SMILES string of the molecule is CC(=O)N1CCN(NC(=O)/C=C\n2cnc(-c3cc(C(F)(F)F)cc(C(F)(F)F)c3)n2)C(=O)C1. The predicted octanol–water partition coefficient (Wildman–Crippen LogP) is 2.18. The number of carbonyl (C=O) groups excluding carboxylic acids is 3. The van der Waals surface area contributed by atoms with Crippen LogP contribution in [0, 0.1) is 0 Å². The van der Waals surface area contributed by atoms with Crippen molar-refractivity contribution in [3.8, 4) is 11.4 Å². The van der Waals surface area contributed by atoms with E-state index in [-0.39, 0.29) is 31.6 Å². The number of halogens is 6. The molecule has 1 aromatic heterocycles. The highest BCUT2D eigenvalue weighted by Gasteiger charge is 2.37. The quantitative estimate of drug-likeness (QED) is 0.523. The minimum absolute atomic E-state index is 0.0117. The number of carbonyl (C=O) groups is 3. The van der Waals surface area contributed by atoms with Gasteiger partial charge in [0.05, 0.1) is 17.7 Å². The molecule has 0 atom stereocenters. The summed E-state index contributed by atoms with van der Waals surface area (Å²) in [5.41, 5.74) is -1.26. The summed E-state index contributed by atoms with van der Waals surface area (Å²) < 4.78 is 79.1. The molecular formula is C19H16F6N6O3. The van der Waals surface area contributed by atoms with Gasteiger partial charge in [-0.3, -0.25) is 24.8 Å².